The first-order valence-electron chi connectivity index (χ1n) is 11.8. The van der Waals surface area contributed by atoms with Crippen LogP contribution in [0.2, 0.25) is 0 Å². The maximum absolute atomic E-state index is 13.7. The number of aromatic nitrogens is 1. The van der Waals surface area contributed by atoms with E-state index >= 15 is 0 Å². The molecule has 0 radical (unpaired) electrons. The minimum Gasteiger partial charge on any atom is -0.316 e. The number of hydrogen-bond acceptors (Lipinski definition) is 4. The van der Waals surface area contributed by atoms with Crippen LogP contribution in [0.1, 0.15) is 63.2 Å². The van der Waals surface area contributed by atoms with Crippen LogP contribution in [-0.4, -0.2) is 36.3 Å². The molecule has 0 bridgehead atoms. The third-order valence-corrected chi connectivity index (χ3v) is 8.50. The Morgan fingerprint density at radius 3 is 2.24 bits per heavy atom. The molecule has 0 aliphatic heterocycles. The Morgan fingerprint density at radius 1 is 1.00 bits per heavy atom. The second-order valence-electron chi connectivity index (χ2n) is 8.20. The number of thiazole rings is 1. The van der Waals surface area contributed by atoms with E-state index in [2.05, 4.69) is 4.99 Å². The summed E-state index contributed by atoms with van der Waals surface area (Å²) < 4.78 is 44.1. The van der Waals surface area contributed by atoms with Gasteiger partial charge >= 0.3 is 0 Å². The highest BCUT2D eigenvalue weighted by Crippen LogP contribution is 2.20. The van der Waals surface area contributed by atoms with Crippen LogP contribution in [0.15, 0.2) is 52.4 Å². The van der Waals surface area contributed by atoms with Gasteiger partial charge in [0.2, 0.25) is 10.0 Å². The lowest BCUT2D eigenvalue weighted by molar-refractivity contribution is 0.0997. The van der Waals surface area contributed by atoms with Crippen LogP contribution in [-0.2, 0) is 16.6 Å². The zero-order valence-corrected chi connectivity index (χ0v) is 21.6. The molecule has 0 saturated heterocycles. The van der Waals surface area contributed by atoms with Gasteiger partial charge in [-0.05, 0) is 61.7 Å². The lowest BCUT2D eigenvalue weighted by atomic mass is 10.2. The number of nitrogens with zero attached hydrogens (tertiary/aromatic N) is 3. The fraction of sp³-hybridized carbons (Fsp3) is 0.440. The largest absolute Gasteiger partial charge is 0.316 e. The summed E-state index contributed by atoms with van der Waals surface area (Å²) in [6.45, 7) is 7.71. The summed E-state index contributed by atoms with van der Waals surface area (Å²) in [6.07, 6.45) is 4.26. The van der Waals surface area contributed by atoms with Gasteiger partial charge in [-0.1, -0.05) is 44.9 Å². The summed E-state index contributed by atoms with van der Waals surface area (Å²) in [4.78, 5) is 17.8. The molecule has 1 aromatic heterocycles. The Bertz CT molecular complexity index is 1290. The number of carbonyl (C=O) groups excluding carboxylic acids is 1. The number of fused-ring (bicyclic) bond motifs is 1. The number of aryl methyl sites for hydroxylation is 1. The van der Waals surface area contributed by atoms with E-state index < -0.39 is 15.9 Å². The van der Waals surface area contributed by atoms with Crippen molar-refractivity contribution in [3.8, 4) is 0 Å². The number of benzene rings is 2. The molecule has 0 fully saturated rings. The zero-order valence-electron chi connectivity index (χ0n) is 20.0. The van der Waals surface area contributed by atoms with Gasteiger partial charge < -0.3 is 4.57 Å². The summed E-state index contributed by atoms with van der Waals surface area (Å²) in [5, 5.41) is 0. The highest BCUT2D eigenvalue weighted by molar-refractivity contribution is 7.89. The number of hydrogen-bond donors (Lipinski definition) is 0. The van der Waals surface area contributed by atoms with Crippen LogP contribution in [0.5, 0.6) is 0 Å². The molecule has 0 N–H and O–H groups in total. The quantitative estimate of drug-likeness (QED) is 0.341. The number of carbonyl (C=O) groups is 1. The van der Waals surface area contributed by atoms with Gasteiger partial charge in [0.05, 0.1) is 15.1 Å². The lowest BCUT2D eigenvalue weighted by Crippen LogP contribution is -2.33. The number of halogens is 1. The first-order chi connectivity index (χ1) is 16.3. The topological polar surface area (TPSA) is 71.7 Å². The van der Waals surface area contributed by atoms with E-state index in [-0.39, 0.29) is 10.7 Å². The lowest BCUT2D eigenvalue weighted by Gasteiger charge is -2.22. The molecule has 0 saturated carbocycles. The van der Waals surface area contributed by atoms with E-state index in [1.165, 1.54) is 52.0 Å². The predicted molar refractivity (Wildman–Crippen MR) is 135 cm³/mol. The molecule has 6 nitrogen and oxygen atoms in total. The molecule has 2 aromatic carbocycles. The maximum atomic E-state index is 13.7. The van der Waals surface area contributed by atoms with E-state index in [9.17, 15) is 17.6 Å². The number of unbranched alkanes of at least 4 members (excludes halogenated alkanes) is 2. The molecule has 1 heterocycles. The Balaban J connectivity index is 1.90. The van der Waals surface area contributed by atoms with E-state index in [1.807, 2.05) is 25.3 Å². The summed E-state index contributed by atoms with van der Waals surface area (Å²) in [6, 6.07) is 10.5. The van der Waals surface area contributed by atoms with Crippen LogP contribution in [0, 0.1) is 5.82 Å². The van der Waals surface area contributed by atoms with Crippen LogP contribution in [0.4, 0.5) is 4.39 Å². The van der Waals surface area contributed by atoms with Crippen LogP contribution in [0.25, 0.3) is 10.2 Å². The van der Waals surface area contributed by atoms with Gasteiger partial charge in [0.1, 0.15) is 5.82 Å². The van der Waals surface area contributed by atoms with Crippen molar-refractivity contribution in [3.63, 3.8) is 0 Å². The minimum atomic E-state index is -3.63. The first-order valence-corrected chi connectivity index (χ1v) is 14.1. The molecule has 0 spiro atoms. The zero-order chi connectivity index (χ0) is 24.7. The van der Waals surface area contributed by atoms with Crippen molar-refractivity contribution in [1.82, 2.24) is 8.87 Å². The highest BCUT2D eigenvalue weighted by atomic mass is 32.2. The van der Waals surface area contributed by atoms with Crippen molar-refractivity contribution in [2.45, 2.75) is 64.3 Å². The smallest absolute Gasteiger partial charge is 0.279 e. The normalized spacial score (nSPS) is 12.7. The summed E-state index contributed by atoms with van der Waals surface area (Å²) >= 11 is 1.26. The van der Waals surface area contributed by atoms with Crippen LogP contribution < -0.4 is 4.80 Å². The molecule has 0 unspecified atom stereocenters. The Labute approximate surface area is 204 Å². The van der Waals surface area contributed by atoms with Crippen LogP contribution in [0.3, 0.4) is 0 Å². The average molecular weight is 506 g/mol. The Hall–Kier alpha value is -2.36. The van der Waals surface area contributed by atoms with Crippen molar-refractivity contribution in [3.05, 3.63) is 58.6 Å². The van der Waals surface area contributed by atoms with E-state index in [4.69, 9.17) is 0 Å². The summed E-state index contributed by atoms with van der Waals surface area (Å²) in [7, 11) is -3.63. The van der Waals surface area contributed by atoms with Crippen molar-refractivity contribution in [2.24, 2.45) is 4.99 Å². The van der Waals surface area contributed by atoms with Gasteiger partial charge in [-0.25, -0.2) is 12.8 Å². The summed E-state index contributed by atoms with van der Waals surface area (Å²) in [5.74, 6) is -0.798. The Kier molecular flexibility index (Phi) is 9.16. The van der Waals surface area contributed by atoms with Crippen molar-refractivity contribution < 1.29 is 17.6 Å². The van der Waals surface area contributed by atoms with Gasteiger partial charge in [0, 0.05) is 25.2 Å². The number of amides is 1. The van der Waals surface area contributed by atoms with Crippen molar-refractivity contribution in [1.29, 1.82) is 0 Å². The predicted octanol–water partition coefficient (Wildman–Crippen LogP) is 5.58. The molecule has 34 heavy (non-hydrogen) atoms. The fourth-order valence-electron chi connectivity index (χ4n) is 3.66. The number of rotatable bonds is 11. The minimum absolute atomic E-state index is 0.176. The SMILES string of the molecule is CCCCN(CCCC)S(=O)(=O)c1ccc(C(=O)N=c2sc3cc(F)ccc3n2CCC)cc1. The molecule has 0 aliphatic carbocycles. The van der Waals surface area contributed by atoms with Gasteiger partial charge in [-0.2, -0.15) is 9.30 Å². The molecule has 184 valence electrons. The third-order valence-electron chi connectivity index (χ3n) is 5.55. The van der Waals surface area contributed by atoms with E-state index in [0.717, 1.165) is 42.3 Å². The molecule has 3 rings (SSSR count). The molecular weight excluding hydrogens is 473 g/mol. The summed E-state index contributed by atoms with van der Waals surface area (Å²) in [5.41, 5.74) is 1.14. The number of sulfonamides is 1. The molecular formula is C25H32FN3O3S2. The second-order valence-corrected chi connectivity index (χ2v) is 11.1. The third kappa shape index (κ3) is 6.00. The molecule has 0 atom stereocenters. The van der Waals surface area contributed by atoms with E-state index in [0.29, 0.717) is 30.0 Å². The monoisotopic (exact) mass is 505 g/mol. The standard InChI is InChI=1S/C25H32FN3O3S2/c1-4-7-16-28(17-8-5-2)34(31,32)21-12-9-19(10-13-21)24(30)27-25-29(15-6-3)22-14-11-20(26)18-23(22)33-25/h9-14,18H,4-8,15-17H2,1-3H3. The fourth-order valence-corrected chi connectivity index (χ4v) is 6.26. The first kappa shape index (κ1) is 26.2. The van der Waals surface area contributed by atoms with Crippen molar-refractivity contribution >= 4 is 37.5 Å². The Morgan fingerprint density at radius 2 is 1.65 bits per heavy atom. The van der Waals surface area contributed by atoms with Gasteiger partial charge in [-0.15, -0.1) is 0 Å². The van der Waals surface area contributed by atoms with Crippen LogP contribution >= 0.6 is 11.3 Å². The highest BCUT2D eigenvalue weighted by Gasteiger charge is 2.23. The molecule has 0 aliphatic rings. The van der Waals surface area contributed by atoms with Gasteiger partial charge in [-0.3, -0.25) is 4.79 Å². The average Bonchev–Trinajstić information content (AvgIpc) is 3.15. The maximum Gasteiger partial charge on any atom is 0.279 e. The molecule has 3 aromatic rings. The van der Waals surface area contributed by atoms with Gasteiger partial charge in [0.15, 0.2) is 4.80 Å². The molecule has 1 amide bonds. The van der Waals surface area contributed by atoms with Crippen molar-refractivity contribution in [2.75, 3.05) is 13.1 Å². The van der Waals surface area contributed by atoms with Gasteiger partial charge in [0.25, 0.3) is 5.91 Å². The molecule has 9 heteroatoms. The van der Waals surface area contributed by atoms with E-state index in [1.54, 1.807) is 6.07 Å². The second kappa shape index (κ2) is 11.9.